The van der Waals surface area contributed by atoms with E-state index in [1.807, 2.05) is 19.1 Å². The van der Waals surface area contributed by atoms with Crippen molar-refractivity contribution in [1.82, 2.24) is 0 Å². The van der Waals surface area contributed by atoms with Gasteiger partial charge in [0.05, 0.1) is 18.8 Å². The van der Waals surface area contributed by atoms with Crippen molar-refractivity contribution in [2.45, 2.75) is 19.8 Å². The lowest BCUT2D eigenvalue weighted by Crippen LogP contribution is -2.08. The lowest BCUT2D eigenvalue weighted by molar-refractivity contribution is -0.137. The minimum atomic E-state index is -0.418. The Morgan fingerprint density at radius 3 is 2.19 bits per heavy atom. The number of hydrogen-bond acceptors (Lipinski definition) is 5. The van der Waals surface area contributed by atoms with Gasteiger partial charge in [-0.3, -0.25) is 0 Å². The van der Waals surface area contributed by atoms with E-state index in [0.29, 0.717) is 36.7 Å². The highest BCUT2D eigenvalue weighted by Gasteiger charge is 2.08. The first-order valence-corrected chi connectivity index (χ1v) is 8.39. The molecule has 0 N–H and O–H groups in total. The van der Waals surface area contributed by atoms with Crippen molar-refractivity contribution in [3.63, 3.8) is 0 Å². The van der Waals surface area contributed by atoms with Crippen molar-refractivity contribution in [3.8, 4) is 11.5 Å². The maximum atomic E-state index is 12.1. The third-order valence-electron chi connectivity index (χ3n) is 3.54. The molecular formula is C21H22O5. The number of benzene rings is 2. The molecule has 0 spiro atoms. The van der Waals surface area contributed by atoms with E-state index in [9.17, 15) is 9.59 Å². The van der Waals surface area contributed by atoms with Crippen LogP contribution in [0.15, 0.2) is 61.2 Å². The Kier molecular flexibility index (Phi) is 7.43. The van der Waals surface area contributed by atoms with E-state index in [0.717, 1.165) is 18.1 Å². The van der Waals surface area contributed by atoms with Crippen LogP contribution in [0.3, 0.4) is 0 Å². The van der Waals surface area contributed by atoms with Gasteiger partial charge >= 0.3 is 11.9 Å². The van der Waals surface area contributed by atoms with Crippen LogP contribution >= 0.6 is 0 Å². The molecule has 0 fully saturated rings. The predicted molar refractivity (Wildman–Crippen MR) is 98.5 cm³/mol. The van der Waals surface area contributed by atoms with Gasteiger partial charge < -0.3 is 14.2 Å². The van der Waals surface area contributed by atoms with Gasteiger partial charge in [0.25, 0.3) is 0 Å². The van der Waals surface area contributed by atoms with Crippen molar-refractivity contribution >= 4 is 11.9 Å². The van der Waals surface area contributed by atoms with Gasteiger partial charge in [-0.1, -0.05) is 24.3 Å². The molecule has 0 bridgehead atoms. The van der Waals surface area contributed by atoms with Gasteiger partial charge in [0.2, 0.25) is 0 Å². The molecule has 0 aliphatic rings. The molecule has 2 rings (SSSR count). The van der Waals surface area contributed by atoms with Gasteiger partial charge in [-0.15, -0.1) is 0 Å². The summed E-state index contributed by atoms with van der Waals surface area (Å²) in [6.45, 7) is 6.14. The van der Waals surface area contributed by atoms with E-state index in [1.165, 1.54) is 0 Å². The van der Waals surface area contributed by atoms with Crippen molar-refractivity contribution in [1.29, 1.82) is 0 Å². The van der Waals surface area contributed by atoms with Crippen LogP contribution in [-0.2, 0) is 9.53 Å². The quantitative estimate of drug-likeness (QED) is 0.294. The van der Waals surface area contributed by atoms with Crippen LogP contribution in [0.1, 0.15) is 28.8 Å². The Hall–Kier alpha value is -3.08. The second kappa shape index (κ2) is 10.0. The molecule has 0 amide bonds. The molecular weight excluding hydrogens is 332 g/mol. The fraction of sp³-hybridized carbons (Fsp3) is 0.238. The van der Waals surface area contributed by atoms with Gasteiger partial charge in [0.15, 0.2) is 0 Å². The molecule has 5 nitrogen and oxygen atoms in total. The fourth-order valence-electron chi connectivity index (χ4n) is 2.09. The van der Waals surface area contributed by atoms with Gasteiger partial charge in [-0.25, -0.2) is 9.59 Å². The Labute approximate surface area is 153 Å². The minimum Gasteiger partial charge on any atom is -0.494 e. The predicted octanol–water partition coefficient (Wildman–Crippen LogP) is 4.10. The average molecular weight is 354 g/mol. The summed E-state index contributed by atoms with van der Waals surface area (Å²) in [5.41, 5.74) is 1.56. The third kappa shape index (κ3) is 6.43. The van der Waals surface area contributed by atoms with Crippen molar-refractivity contribution in [3.05, 3.63) is 72.3 Å². The molecule has 5 heteroatoms. The molecule has 0 aliphatic carbocycles. The smallest absolute Gasteiger partial charge is 0.343 e. The van der Waals surface area contributed by atoms with Crippen LogP contribution in [0.4, 0.5) is 0 Å². The summed E-state index contributed by atoms with van der Waals surface area (Å²) in [6, 6.07) is 14.1. The number of hydrogen-bond donors (Lipinski definition) is 0. The summed E-state index contributed by atoms with van der Waals surface area (Å²) in [5.74, 6) is 0.349. The number of carbonyl (C=O) groups excluding carboxylic acids is 2. The number of rotatable bonds is 9. The maximum Gasteiger partial charge on any atom is 0.343 e. The van der Waals surface area contributed by atoms with Crippen molar-refractivity contribution < 1.29 is 23.8 Å². The van der Waals surface area contributed by atoms with E-state index in [4.69, 9.17) is 14.2 Å². The summed E-state index contributed by atoms with van der Waals surface area (Å²) < 4.78 is 15.8. The second-order valence-electron chi connectivity index (χ2n) is 5.65. The molecule has 2 aromatic rings. The summed E-state index contributed by atoms with van der Waals surface area (Å²) >= 11 is 0. The van der Waals surface area contributed by atoms with Gasteiger partial charge in [0, 0.05) is 6.08 Å². The standard InChI is InChI=1S/C21H22O5/c1-3-20(22)25-15-5-4-14-24-18-12-8-17(9-13-18)21(23)26-19-10-6-16(2)7-11-19/h3,6-13H,1,4-5,14-15H2,2H3. The average Bonchev–Trinajstić information content (AvgIpc) is 2.66. The maximum absolute atomic E-state index is 12.1. The Bertz CT molecular complexity index is 732. The summed E-state index contributed by atoms with van der Waals surface area (Å²) in [4.78, 5) is 23.0. The molecule has 0 radical (unpaired) electrons. The fourth-order valence-corrected chi connectivity index (χ4v) is 2.09. The molecule has 26 heavy (non-hydrogen) atoms. The van der Waals surface area contributed by atoms with Gasteiger partial charge in [-0.2, -0.15) is 0 Å². The summed E-state index contributed by atoms with van der Waals surface area (Å²) in [7, 11) is 0. The second-order valence-corrected chi connectivity index (χ2v) is 5.65. The molecule has 0 unspecified atom stereocenters. The van der Waals surface area contributed by atoms with Crippen LogP contribution in [-0.4, -0.2) is 25.2 Å². The van der Waals surface area contributed by atoms with E-state index in [-0.39, 0.29) is 0 Å². The number of unbranched alkanes of at least 4 members (excludes halogenated alkanes) is 1. The van der Waals surface area contributed by atoms with Crippen molar-refractivity contribution in [2.75, 3.05) is 13.2 Å². The van der Waals surface area contributed by atoms with E-state index < -0.39 is 11.9 Å². The van der Waals surface area contributed by atoms with Crippen LogP contribution in [0, 0.1) is 6.92 Å². The van der Waals surface area contributed by atoms with E-state index in [2.05, 4.69) is 6.58 Å². The molecule has 0 saturated carbocycles. The zero-order valence-corrected chi connectivity index (χ0v) is 14.8. The highest BCUT2D eigenvalue weighted by atomic mass is 16.5. The Balaban J connectivity index is 1.73. The SMILES string of the molecule is C=CC(=O)OCCCCOc1ccc(C(=O)Oc2ccc(C)cc2)cc1. The number of carbonyl (C=O) groups is 2. The number of ether oxygens (including phenoxy) is 3. The monoisotopic (exact) mass is 354 g/mol. The lowest BCUT2D eigenvalue weighted by atomic mass is 10.2. The number of aryl methyl sites for hydroxylation is 1. The summed E-state index contributed by atoms with van der Waals surface area (Å²) in [5, 5.41) is 0. The van der Waals surface area contributed by atoms with Gasteiger partial charge in [-0.05, 0) is 56.2 Å². The molecule has 0 saturated heterocycles. The first-order chi connectivity index (χ1) is 12.6. The first kappa shape index (κ1) is 19.2. The third-order valence-corrected chi connectivity index (χ3v) is 3.54. The topological polar surface area (TPSA) is 61.8 Å². The highest BCUT2D eigenvalue weighted by Crippen LogP contribution is 2.16. The Morgan fingerprint density at radius 2 is 1.54 bits per heavy atom. The molecule has 2 aromatic carbocycles. The highest BCUT2D eigenvalue weighted by molar-refractivity contribution is 5.91. The van der Waals surface area contributed by atoms with Crippen LogP contribution in [0.2, 0.25) is 0 Å². The first-order valence-electron chi connectivity index (χ1n) is 8.39. The molecule has 0 aromatic heterocycles. The van der Waals surface area contributed by atoms with E-state index >= 15 is 0 Å². The number of esters is 2. The van der Waals surface area contributed by atoms with Crippen LogP contribution in [0.25, 0.3) is 0 Å². The normalized spacial score (nSPS) is 10.0. The summed E-state index contributed by atoms with van der Waals surface area (Å²) in [6.07, 6.45) is 2.60. The van der Waals surface area contributed by atoms with E-state index in [1.54, 1.807) is 36.4 Å². The van der Waals surface area contributed by atoms with Crippen LogP contribution in [0.5, 0.6) is 11.5 Å². The lowest BCUT2D eigenvalue weighted by Gasteiger charge is -2.08. The minimum absolute atomic E-state index is 0.345. The molecule has 136 valence electrons. The molecule has 0 aliphatic heterocycles. The Morgan fingerprint density at radius 1 is 0.923 bits per heavy atom. The molecule has 0 atom stereocenters. The van der Waals surface area contributed by atoms with Crippen molar-refractivity contribution in [2.24, 2.45) is 0 Å². The van der Waals surface area contributed by atoms with Gasteiger partial charge in [0.1, 0.15) is 11.5 Å². The van der Waals surface area contributed by atoms with Crippen LogP contribution < -0.4 is 9.47 Å². The molecule has 0 heterocycles. The zero-order valence-electron chi connectivity index (χ0n) is 14.8. The largest absolute Gasteiger partial charge is 0.494 e. The zero-order chi connectivity index (χ0) is 18.8.